The Kier molecular flexibility index (Phi) is 3.17. The molecule has 0 radical (unpaired) electrons. The second-order valence-electron chi connectivity index (χ2n) is 5.83. The largest absolute Gasteiger partial charge is 0.326 e. The van der Waals surface area contributed by atoms with Crippen molar-refractivity contribution >= 4 is 11.6 Å². The number of anilines is 1. The molecular formula is C14H21N3O. The fourth-order valence-electron chi connectivity index (χ4n) is 2.81. The summed E-state index contributed by atoms with van der Waals surface area (Å²) in [6.45, 7) is 4.04. The molecule has 1 aliphatic heterocycles. The van der Waals surface area contributed by atoms with Gasteiger partial charge in [-0.15, -0.1) is 0 Å². The first-order valence-electron chi connectivity index (χ1n) is 6.17. The van der Waals surface area contributed by atoms with E-state index < -0.39 is 0 Å². The SMILES string of the molecule is CN(C)C(c1ccc2c(c1)CC(=O)N2)C(C)(C)N. The molecule has 1 unspecified atom stereocenters. The lowest BCUT2D eigenvalue weighted by Gasteiger charge is -2.36. The quantitative estimate of drug-likeness (QED) is 0.851. The number of likely N-dealkylation sites (N-methyl/N-ethyl adjacent to an activating group) is 1. The molecule has 4 heteroatoms. The van der Waals surface area contributed by atoms with E-state index in [0.29, 0.717) is 6.42 Å². The summed E-state index contributed by atoms with van der Waals surface area (Å²) < 4.78 is 0. The normalized spacial score (nSPS) is 16.7. The van der Waals surface area contributed by atoms with Crippen LogP contribution in [0, 0.1) is 0 Å². The summed E-state index contributed by atoms with van der Waals surface area (Å²) in [7, 11) is 4.05. The number of benzene rings is 1. The Morgan fingerprint density at radius 1 is 1.39 bits per heavy atom. The standard InChI is InChI=1S/C14H21N3O/c1-14(2,15)13(17(3)4)9-5-6-11-10(7-9)8-12(18)16-11/h5-7,13H,8,15H2,1-4H3,(H,16,18). The van der Waals surface area contributed by atoms with Crippen LogP contribution in [0.4, 0.5) is 5.69 Å². The van der Waals surface area contributed by atoms with E-state index in [-0.39, 0.29) is 17.5 Å². The summed E-state index contributed by atoms with van der Waals surface area (Å²) in [5, 5.41) is 2.85. The van der Waals surface area contributed by atoms with E-state index >= 15 is 0 Å². The average Bonchev–Trinajstić information content (AvgIpc) is 2.54. The molecule has 0 fully saturated rings. The number of hydrogen-bond donors (Lipinski definition) is 2. The smallest absolute Gasteiger partial charge is 0.228 e. The van der Waals surface area contributed by atoms with Gasteiger partial charge in [0.2, 0.25) is 5.91 Å². The lowest BCUT2D eigenvalue weighted by Crippen LogP contribution is -2.45. The van der Waals surface area contributed by atoms with Crippen LogP contribution in [0.15, 0.2) is 18.2 Å². The van der Waals surface area contributed by atoms with E-state index in [1.807, 2.05) is 40.1 Å². The maximum atomic E-state index is 11.4. The van der Waals surface area contributed by atoms with Crippen LogP contribution >= 0.6 is 0 Å². The van der Waals surface area contributed by atoms with Crippen molar-refractivity contribution in [3.05, 3.63) is 29.3 Å². The van der Waals surface area contributed by atoms with Gasteiger partial charge in [-0.3, -0.25) is 4.79 Å². The molecule has 1 amide bonds. The highest BCUT2D eigenvalue weighted by Gasteiger charge is 2.30. The molecule has 98 valence electrons. The van der Waals surface area contributed by atoms with Gasteiger partial charge in [-0.1, -0.05) is 12.1 Å². The molecule has 1 atom stereocenters. The van der Waals surface area contributed by atoms with Gasteiger partial charge in [0.1, 0.15) is 0 Å². The van der Waals surface area contributed by atoms with Gasteiger partial charge in [0, 0.05) is 11.2 Å². The summed E-state index contributed by atoms with van der Waals surface area (Å²) in [6.07, 6.45) is 0.467. The van der Waals surface area contributed by atoms with Crippen LogP contribution in [0.2, 0.25) is 0 Å². The van der Waals surface area contributed by atoms with Crippen LogP contribution in [0.5, 0.6) is 0 Å². The van der Waals surface area contributed by atoms with Gasteiger partial charge in [0.15, 0.2) is 0 Å². The van der Waals surface area contributed by atoms with E-state index in [2.05, 4.69) is 16.3 Å². The van der Waals surface area contributed by atoms with Gasteiger partial charge in [0.05, 0.1) is 12.5 Å². The zero-order valence-electron chi connectivity index (χ0n) is 11.4. The molecule has 0 aromatic heterocycles. The number of carbonyl (C=O) groups is 1. The first kappa shape index (κ1) is 13.1. The minimum atomic E-state index is -0.340. The third-order valence-corrected chi connectivity index (χ3v) is 3.29. The number of amides is 1. The summed E-state index contributed by atoms with van der Waals surface area (Å²) >= 11 is 0. The van der Waals surface area contributed by atoms with Crippen molar-refractivity contribution in [2.24, 2.45) is 5.73 Å². The predicted molar refractivity (Wildman–Crippen MR) is 73.5 cm³/mol. The van der Waals surface area contributed by atoms with Crippen LogP contribution < -0.4 is 11.1 Å². The van der Waals surface area contributed by atoms with Gasteiger partial charge >= 0.3 is 0 Å². The van der Waals surface area contributed by atoms with Crippen LogP contribution in [0.3, 0.4) is 0 Å². The van der Waals surface area contributed by atoms with E-state index in [0.717, 1.165) is 16.8 Å². The number of hydrogen-bond acceptors (Lipinski definition) is 3. The molecule has 1 aromatic rings. The van der Waals surface area contributed by atoms with Crippen LogP contribution in [-0.4, -0.2) is 30.4 Å². The van der Waals surface area contributed by atoms with Crippen molar-refractivity contribution in [1.82, 2.24) is 4.90 Å². The van der Waals surface area contributed by atoms with E-state index in [4.69, 9.17) is 5.73 Å². The van der Waals surface area contributed by atoms with E-state index in [1.165, 1.54) is 0 Å². The average molecular weight is 247 g/mol. The maximum Gasteiger partial charge on any atom is 0.228 e. The van der Waals surface area contributed by atoms with Gasteiger partial charge in [0.25, 0.3) is 0 Å². The summed E-state index contributed by atoms with van der Waals surface area (Å²) in [6, 6.07) is 6.23. The highest BCUT2D eigenvalue weighted by molar-refractivity contribution is 5.99. The Morgan fingerprint density at radius 2 is 2.06 bits per heavy atom. The van der Waals surface area contributed by atoms with Crippen molar-refractivity contribution in [2.45, 2.75) is 31.8 Å². The monoisotopic (exact) mass is 247 g/mol. The van der Waals surface area contributed by atoms with Crippen LogP contribution in [-0.2, 0) is 11.2 Å². The van der Waals surface area contributed by atoms with E-state index in [9.17, 15) is 4.79 Å². The fourth-order valence-corrected chi connectivity index (χ4v) is 2.81. The molecule has 1 aromatic carbocycles. The van der Waals surface area contributed by atoms with Gasteiger partial charge in [-0.2, -0.15) is 0 Å². The second-order valence-corrected chi connectivity index (χ2v) is 5.83. The van der Waals surface area contributed by atoms with Crippen molar-refractivity contribution < 1.29 is 4.79 Å². The molecule has 4 nitrogen and oxygen atoms in total. The number of fused-ring (bicyclic) bond motifs is 1. The number of carbonyl (C=O) groups excluding carboxylic acids is 1. The van der Waals surface area contributed by atoms with Crippen molar-refractivity contribution in [2.75, 3.05) is 19.4 Å². The highest BCUT2D eigenvalue weighted by Crippen LogP contribution is 2.32. The molecule has 0 spiro atoms. The first-order chi connectivity index (χ1) is 8.29. The molecule has 1 heterocycles. The van der Waals surface area contributed by atoms with E-state index in [1.54, 1.807) is 0 Å². The van der Waals surface area contributed by atoms with Crippen molar-refractivity contribution in [3.8, 4) is 0 Å². The summed E-state index contributed by atoms with van der Waals surface area (Å²) in [5.41, 5.74) is 9.07. The summed E-state index contributed by atoms with van der Waals surface area (Å²) in [5.74, 6) is 0.0653. The molecule has 0 aliphatic carbocycles. The topological polar surface area (TPSA) is 58.4 Å². The fraction of sp³-hybridized carbons (Fsp3) is 0.500. The molecule has 0 saturated carbocycles. The maximum absolute atomic E-state index is 11.4. The number of rotatable bonds is 3. The molecule has 1 aliphatic rings. The number of nitrogens with zero attached hydrogens (tertiary/aromatic N) is 1. The molecule has 3 N–H and O–H groups in total. The molecule has 2 rings (SSSR count). The van der Waals surface area contributed by atoms with Crippen LogP contribution in [0.25, 0.3) is 0 Å². The molecular weight excluding hydrogens is 226 g/mol. The molecule has 0 bridgehead atoms. The second kappa shape index (κ2) is 4.37. The minimum Gasteiger partial charge on any atom is -0.326 e. The summed E-state index contributed by atoms with van der Waals surface area (Å²) in [4.78, 5) is 13.5. The first-order valence-corrected chi connectivity index (χ1v) is 6.17. The Hall–Kier alpha value is -1.39. The Morgan fingerprint density at radius 3 is 2.61 bits per heavy atom. The molecule has 0 saturated heterocycles. The van der Waals surface area contributed by atoms with Crippen LogP contribution in [0.1, 0.15) is 31.0 Å². The lowest BCUT2D eigenvalue weighted by molar-refractivity contribution is -0.115. The Balaban J connectivity index is 2.39. The predicted octanol–water partition coefficient (Wildman–Crippen LogP) is 1.52. The van der Waals surface area contributed by atoms with Gasteiger partial charge in [-0.05, 0) is 45.1 Å². The van der Waals surface area contributed by atoms with Crippen molar-refractivity contribution in [3.63, 3.8) is 0 Å². The van der Waals surface area contributed by atoms with Gasteiger partial charge in [-0.25, -0.2) is 0 Å². The lowest BCUT2D eigenvalue weighted by atomic mass is 9.87. The zero-order valence-corrected chi connectivity index (χ0v) is 11.4. The Labute approximate surface area is 108 Å². The highest BCUT2D eigenvalue weighted by atomic mass is 16.1. The Bertz CT molecular complexity index is 474. The number of nitrogens with one attached hydrogen (secondary N) is 1. The number of nitrogens with two attached hydrogens (primary N) is 1. The third kappa shape index (κ3) is 2.40. The minimum absolute atomic E-state index is 0.0653. The third-order valence-electron chi connectivity index (χ3n) is 3.29. The zero-order chi connectivity index (χ0) is 13.5. The van der Waals surface area contributed by atoms with Crippen molar-refractivity contribution in [1.29, 1.82) is 0 Å². The molecule has 18 heavy (non-hydrogen) atoms. The van der Waals surface area contributed by atoms with Gasteiger partial charge < -0.3 is 16.0 Å².